The van der Waals surface area contributed by atoms with Crippen LogP contribution in [0, 0.1) is 0 Å². The van der Waals surface area contributed by atoms with Crippen LogP contribution < -0.4 is 5.32 Å². The summed E-state index contributed by atoms with van der Waals surface area (Å²) >= 11 is 12.5. The molecule has 2 heterocycles. The number of carbonyl (C=O) groups is 1. The van der Waals surface area contributed by atoms with Crippen LogP contribution in [-0.4, -0.2) is 25.9 Å². The van der Waals surface area contributed by atoms with Gasteiger partial charge in [0.05, 0.1) is 21.7 Å². The Morgan fingerprint density at radius 3 is 2.65 bits per heavy atom. The average Bonchev–Trinajstić information content (AvgIpc) is 3.08. The highest BCUT2D eigenvalue weighted by molar-refractivity contribution is 9.11. The van der Waals surface area contributed by atoms with Crippen molar-refractivity contribution in [3.05, 3.63) is 61.9 Å². The zero-order valence-electron chi connectivity index (χ0n) is 11.6. The third kappa shape index (κ3) is 3.82. The molecule has 0 atom stereocenters. The number of H-pyrrole nitrogens is 1. The van der Waals surface area contributed by atoms with Crippen molar-refractivity contribution < 1.29 is 4.79 Å². The van der Waals surface area contributed by atoms with Crippen molar-refractivity contribution in [3.8, 4) is 0 Å². The molecule has 0 spiro atoms. The molecule has 6 nitrogen and oxygen atoms in total. The van der Waals surface area contributed by atoms with Crippen LogP contribution in [0.15, 0.2) is 45.6 Å². The number of aromatic amines is 1. The number of aromatic nitrogens is 4. The third-order valence-corrected chi connectivity index (χ3v) is 4.46. The summed E-state index contributed by atoms with van der Waals surface area (Å²) in [7, 11) is 0. The summed E-state index contributed by atoms with van der Waals surface area (Å²) < 4.78 is 3.01. The van der Waals surface area contributed by atoms with Crippen molar-refractivity contribution in [1.82, 2.24) is 20.0 Å². The lowest BCUT2D eigenvalue weighted by Crippen LogP contribution is -2.14. The molecule has 2 aromatic heterocycles. The number of carbonyl (C=O) groups excluding carboxylic acids is 1. The number of nitrogens with one attached hydrogen (secondary N) is 2. The van der Waals surface area contributed by atoms with Crippen LogP contribution in [0.25, 0.3) is 0 Å². The number of nitrogens with zero attached hydrogens (tertiary/aromatic N) is 3. The van der Waals surface area contributed by atoms with E-state index in [1.165, 1.54) is 6.20 Å². The Hall–Kier alpha value is -1.64. The van der Waals surface area contributed by atoms with Gasteiger partial charge in [0.1, 0.15) is 5.69 Å². The molecule has 0 saturated heterocycles. The van der Waals surface area contributed by atoms with Gasteiger partial charge in [0.15, 0.2) is 5.82 Å². The Bertz CT molecular complexity index is 843. The molecule has 0 saturated carbocycles. The molecule has 2 N–H and O–H groups in total. The quantitative estimate of drug-likeness (QED) is 0.617. The van der Waals surface area contributed by atoms with E-state index in [-0.39, 0.29) is 5.91 Å². The highest BCUT2D eigenvalue weighted by Crippen LogP contribution is 2.22. The van der Waals surface area contributed by atoms with Crippen LogP contribution in [0.3, 0.4) is 0 Å². The van der Waals surface area contributed by atoms with Crippen molar-refractivity contribution in [2.45, 2.75) is 6.54 Å². The van der Waals surface area contributed by atoms with E-state index in [4.69, 9.17) is 11.6 Å². The molecule has 118 valence electrons. The van der Waals surface area contributed by atoms with E-state index in [1.54, 1.807) is 10.9 Å². The lowest BCUT2D eigenvalue weighted by atomic mass is 10.2. The van der Waals surface area contributed by atoms with E-state index < -0.39 is 0 Å². The van der Waals surface area contributed by atoms with Gasteiger partial charge in [-0.2, -0.15) is 10.2 Å². The molecular weight excluding hydrogens is 449 g/mol. The summed E-state index contributed by atoms with van der Waals surface area (Å²) in [6, 6.07) is 7.51. The minimum absolute atomic E-state index is 0.327. The molecule has 3 aromatic rings. The molecular formula is C14H10Br2ClN5O. The van der Waals surface area contributed by atoms with Gasteiger partial charge < -0.3 is 5.32 Å². The summed E-state index contributed by atoms with van der Waals surface area (Å²) in [4.78, 5) is 12.2. The lowest BCUT2D eigenvalue weighted by Gasteiger charge is -2.03. The maximum atomic E-state index is 12.2. The van der Waals surface area contributed by atoms with Gasteiger partial charge in [-0.25, -0.2) is 0 Å². The van der Waals surface area contributed by atoms with E-state index in [9.17, 15) is 4.79 Å². The maximum Gasteiger partial charge on any atom is 0.276 e. The molecule has 9 heteroatoms. The molecule has 23 heavy (non-hydrogen) atoms. The van der Waals surface area contributed by atoms with Gasteiger partial charge in [0, 0.05) is 11.2 Å². The SMILES string of the molecule is O=C(Nc1nn(Cc2ccc(Cl)cc2)cc1Br)c1[nH]ncc1Br. The van der Waals surface area contributed by atoms with Crippen molar-refractivity contribution in [2.24, 2.45) is 0 Å². The number of benzene rings is 1. The molecule has 0 bridgehead atoms. The van der Waals surface area contributed by atoms with Gasteiger partial charge >= 0.3 is 0 Å². The van der Waals surface area contributed by atoms with E-state index in [0.29, 0.717) is 32.0 Å². The van der Waals surface area contributed by atoms with E-state index in [2.05, 4.69) is 52.5 Å². The van der Waals surface area contributed by atoms with Crippen LogP contribution in [0.5, 0.6) is 0 Å². The second-order valence-corrected chi connectivity index (χ2v) is 6.84. The smallest absolute Gasteiger partial charge is 0.276 e. The van der Waals surface area contributed by atoms with Gasteiger partial charge in [-0.1, -0.05) is 23.7 Å². The van der Waals surface area contributed by atoms with Crippen LogP contribution >= 0.6 is 43.5 Å². The van der Waals surface area contributed by atoms with Gasteiger partial charge in [0.2, 0.25) is 0 Å². The molecule has 0 unspecified atom stereocenters. The van der Waals surface area contributed by atoms with E-state index >= 15 is 0 Å². The highest BCUT2D eigenvalue weighted by Gasteiger charge is 2.16. The van der Waals surface area contributed by atoms with Gasteiger partial charge in [-0.05, 0) is 49.6 Å². The summed E-state index contributed by atoms with van der Waals surface area (Å²) in [6.45, 7) is 0.569. The first-order chi connectivity index (χ1) is 11.0. The van der Waals surface area contributed by atoms with Crippen molar-refractivity contribution in [1.29, 1.82) is 0 Å². The molecule has 1 aromatic carbocycles. The Morgan fingerprint density at radius 2 is 2.00 bits per heavy atom. The first-order valence-electron chi connectivity index (χ1n) is 6.50. The third-order valence-electron chi connectivity index (χ3n) is 3.03. The monoisotopic (exact) mass is 457 g/mol. The topological polar surface area (TPSA) is 75.6 Å². The molecule has 0 aliphatic rings. The van der Waals surface area contributed by atoms with Crippen LogP contribution in [-0.2, 0) is 6.54 Å². The summed E-state index contributed by atoms with van der Waals surface area (Å²) in [5.74, 6) is 0.109. The average molecular weight is 460 g/mol. The van der Waals surface area contributed by atoms with Crippen molar-refractivity contribution in [3.63, 3.8) is 0 Å². The van der Waals surface area contributed by atoms with E-state index in [0.717, 1.165) is 5.56 Å². The Labute approximate surface area is 153 Å². The molecule has 0 aliphatic carbocycles. The standard InChI is InChI=1S/C14H10Br2ClN5O/c15-10-5-18-20-12(10)14(23)19-13-11(16)7-22(21-13)6-8-1-3-9(17)4-2-8/h1-5,7H,6H2,(H,18,20)(H,19,21,23). The largest absolute Gasteiger partial charge is 0.303 e. The number of halogens is 3. The second kappa shape index (κ2) is 6.86. The fourth-order valence-electron chi connectivity index (χ4n) is 1.94. The van der Waals surface area contributed by atoms with Gasteiger partial charge in [0.25, 0.3) is 5.91 Å². The molecule has 0 aliphatic heterocycles. The highest BCUT2D eigenvalue weighted by atomic mass is 79.9. The predicted octanol–water partition coefficient (Wildman–Crippen LogP) is 4.09. The Morgan fingerprint density at radius 1 is 1.26 bits per heavy atom. The van der Waals surface area contributed by atoms with Crippen molar-refractivity contribution >= 4 is 55.2 Å². The van der Waals surface area contributed by atoms with Crippen LogP contribution in [0.2, 0.25) is 5.02 Å². The minimum Gasteiger partial charge on any atom is -0.303 e. The van der Waals surface area contributed by atoms with E-state index in [1.807, 2.05) is 24.3 Å². The minimum atomic E-state index is -0.327. The molecule has 3 rings (SSSR count). The fourth-order valence-corrected chi connectivity index (χ4v) is 2.85. The first kappa shape index (κ1) is 16.2. The lowest BCUT2D eigenvalue weighted by molar-refractivity contribution is 0.102. The molecule has 0 radical (unpaired) electrons. The summed E-state index contributed by atoms with van der Waals surface area (Å²) in [5, 5.41) is 14.2. The molecule has 0 fully saturated rings. The van der Waals surface area contributed by atoms with Crippen molar-refractivity contribution in [2.75, 3.05) is 5.32 Å². The second-order valence-electron chi connectivity index (χ2n) is 4.70. The number of hydrogen-bond donors (Lipinski definition) is 2. The fraction of sp³-hybridized carbons (Fsp3) is 0.0714. The Kier molecular flexibility index (Phi) is 4.84. The molecule has 1 amide bonds. The predicted molar refractivity (Wildman–Crippen MR) is 94.7 cm³/mol. The zero-order chi connectivity index (χ0) is 16.4. The van der Waals surface area contributed by atoms with Gasteiger partial charge in [-0.3, -0.25) is 14.6 Å². The summed E-state index contributed by atoms with van der Waals surface area (Å²) in [6.07, 6.45) is 3.31. The van der Waals surface area contributed by atoms with Crippen LogP contribution in [0.4, 0.5) is 5.82 Å². The number of amides is 1. The zero-order valence-corrected chi connectivity index (χ0v) is 15.5. The normalized spacial score (nSPS) is 10.7. The number of rotatable bonds is 4. The van der Waals surface area contributed by atoms with Crippen LogP contribution in [0.1, 0.15) is 16.1 Å². The Balaban J connectivity index is 1.74. The number of hydrogen-bond acceptors (Lipinski definition) is 3. The first-order valence-corrected chi connectivity index (χ1v) is 8.47. The van der Waals surface area contributed by atoms with Gasteiger partial charge in [-0.15, -0.1) is 0 Å². The number of anilines is 1. The maximum absolute atomic E-state index is 12.2. The summed E-state index contributed by atoms with van der Waals surface area (Å²) in [5.41, 5.74) is 1.39.